The summed E-state index contributed by atoms with van der Waals surface area (Å²) < 4.78 is 36.7. The number of methoxy groups -OCH3 is 1. The number of sulfonamides is 1. The zero-order valence-corrected chi connectivity index (χ0v) is 17.9. The summed E-state index contributed by atoms with van der Waals surface area (Å²) in [6, 6.07) is 7.80. The summed E-state index contributed by atoms with van der Waals surface area (Å²) in [4.78, 5) is 25.3. The van der Waals surface area contributed by atoms with E-state index in [0.29, 0.717) is 17.2 Å². The van der Waals surface area contributed by atoms with Gasteiger partial charge < -0.3 is 19.8 Å². The van der Waals surface area contributed by atoms with E-state index >= 15 is 0 Å². The number of piperazine rings is 1. The predicted molar refractivity (Wildman–Crippen MR) is 109 cm³/mol. The SMILES string of the molecule is COc1ccc(CCC(=O)N2CCN(S(=O)(=O)c3ccc(C(N)=O)o3)CC2)cc1Cl. The Morgan fingerprint density at radius 3 is 2.43 bits per heavy atom. The quantitative estimate of drug-likeness (QED) is 0.674. The molecule has 3 rings (SSSR count). The Bertz CT molecular complexity index is 1040. The zero-order chi connectivity index (χ0) is 21.9. The first kappa shape index (κ1) is 22.1. The van der Waals surface area contributed by atoms with Gasteiger partial charge in [-0.1, -0.05) is 17.7 Å². The molecule has 0 aliphatic carbocycles. The van der Waals surface area contributed by atoms with Crippen molar-refractivity contribution >= 4 is 33.4 Å². The molecule has 1 fully saturated rings. The van der Waals surface area contributed by atoms with E-state index in [2.05, 4.69) is 0 Å². The molecular weight excluding hydrogens is 434 g/mol. The van der Waals surface area contributed by atoms with Crippen LogP contribution in [0.15, 0.2) is 39.8 Å². The van der Waals surface area contributed by atoms with Gasteiger partial charge >= 0.3 is 0 Å². The molecule has 2 aromatic rings. The first-order chi connectivity index (χ1) is 14.2. The number of aryl methyl sites for hydroxylation is 1. The second-order valence-corrected chi connectivity index (χ2v) is 9.01. The molecule has 0 atom stereocenters. The highest BCUT2D eigenvalue weighted by Crippen LogP contribution is 2.26. The number of primary amides is 1. The maximum atomic E-state index is 12.6. The molecule has 1 aromatic heterocycles. The molecule has 30 heavy (non-hydrogen) atoms. The zero-order valence-electron chi connectivity index (χ0n) is 16.3. The highest BCUT2D eigenvalue weighted by atomic mass is 35.5. The van der Waals surface area contributed by atoms with Gasteiger partial charge in [0.2, 0.25) is 11.0 Å². The molecule has 2 N–H and O–H groups in total. The molecule has 0 bridgehead atoms. The van der Waals surface area contributed by atoms with Crippen molar-refractivity contribution in [3.05, 3.63) is 46.7 Å². The largest absolute Gasteiger partial charge is 0.495 e. The van der Waals surface area contributed by atoms with E-state index in [9.17, 15) is 18.0 Å². The van der Waals surface area contributed by atoms with Gasteiger partial charge in [-0.25, -0.2) is 8.42 Å². The fourth-order valence-corrected chi connectivity index (χ4v) is 4.78. The van der Waals surface area contributed by atoms with E-state index in [0.717, 1.165) is 5.56 Å². The molecule has 1 aliphatic rings. The number of nitrogens with zero attached hydrogens (tertiary/aromatic N) is 2. The summed E-state index contributed by atoms with van der Waals surface area (Å²) >= 11 is 6.11. The third-order valence-corrected chi connectivity index (χ3v) is 6.92. The maximum absolute atomic E-state index is 12.6. The van der Waals surface area contributed by atoms with Gasteiger partial charge in [-0.05, 0) is 36.2 Å². The lowest BCUT2D eigenvalue weighted by Gasteiger charge is -2.33. The van der Waals surface area contributed by atoms with Crippen LogP contribution in [0.4, 0.5) is 0 Å². The van der Waals surface area contributed by atoms with Crippen molar-refractivity contribution in [2.45, 2.75) is 17.9 Å². The minimum absolute atomic E-state index is 0.0620. The summed E-state index contributed by atoms with van der Waals surface area (Å²) in [5.74, 6) is -0.553. The number of halogens is 1. The molecule has 0 radical (unpaired) electrons. The number of hydrogen-bond donors (Lipinski definition) is 1. The number of amides is 2. The average Bonchev–Trinajstić information content (AvgIpc) is 3.24. The molecule has 162 valence electrons. The Kier molecular flexibility index (Phi) is 6.69. The fraction of sp³-hybridized carbons (Fsp3) is 0.368. The Morgan fingerprint density at radius 1 is 1.17 bits per heavy atom. The van der Waals surface area contributed by atoms with Crippen LogP contribution >= 0.6 is 11.6 Å². The molecule has 0 unspecified atom stereocenters. The Balaban J connectivity index is 1.54. The van der Waals surface area contributed by atoms with Crippen molar-refractivity contribution in [1.29, 1.82) is 0 Å². The number of benzene rings is 1. The van der Waals surface area contributed by atoms with Crippen LogP contribution in [0.2, 0.25) is 5.02 Å². The number of rotatable bonds is 7. The molecule has 0 saturated carbocycles. The lowest BCUT2D eigenvalue weighted by Crippen LogP contribution is -2.50. The minimum Gasteiger partial charge on any atom is -0.495 e. The van der Waals surface area contributed by atoms with Crippen molar-refractivity contribution in [3.63, 3.8) is 0 Å². The monoisotopic (exact) mass is 455 g/mol. The molecular formula is C19H22ClN3O6S. The summed E-state index contributed by atoms with van der Waals surface area (Å²) in [5, 5.41) is 0.145. The van der Waals surface area contributed by atoms with Crippen LogP contribution < -0.4 is 10.5 Å². The third-order valence-electron chi connectivity index (χ3n) is 4.85. The van der Waals surface area contributed by atoms with E-state index in [-0.39, 0.29) is 49.4 Å². The number of furan rings is 1. The van der Waals surface area contributed by atoms with Gasteiger partial charge in [-0.15, -0.1) is 0 Å². The summed E-state index contributed by atoms with van der Waals surface area (Å²) in [6.45, 7) is 0.805. The van der Waals surface area contributed by atoms with Crippen LogP contribution in [0, 0.1) is 0 Å². The molecule has 1 aromatic carbocycles. The number of carbonyl (C=O) groups is 2. The first-order valence-electron chi connectivity index (χ1n) is 9.22. The van der Waals surface area contributed by atoms with Crippen molar-refractivity contribution in [2.24, 2.45) is 5.73 Å². The highest BCUT2D eigenvalue weighted by molar-refractivity contribution is 7.89. The van der Waals surface area contributed by atoms with E-state index in [4.69, 9.17) is 26.5 Å². The van der Waals surface area contributed by atoms with E-state index in [1.807, 2.05) is 6.07 Å². The second-order valence-electron chi connectivity index (χ2n) is 6.74. The van der Waals surface area contributed by atoms with Crippen LogP contribution in [-0.4, -0.2) is 62.7 Å². The van der Waals surface area contributed by atoms with Gasteiger partial charge in [0.15, 0.2) is 5.76 Å². The second kappa shape index (κ2) is 9.07. The normalized spacial score (nSPS) is 15.2. The summed E-state index contributed by atoms with van der Waals surface area (Å²) in [6.07, 6.45) is 0.804. The van der Waals surface area contributed by atoms with Crippen LogP contribution in [0.5, 0.6) is 5.75 Å². The fourth-order valence-electron chi connectivity index (χ4n) is 3.17. The highest BCUT2D eigenvalue weighted by Gasteiger charge is 2.32. The molecule has 9 nitrogen and oxygen atoms in total. The minimum atomic E-state index is -3.90. The first-order valence-corrected chi connectivity index (χ1v) is 11.0. The van der Waals surface area contributed by atoms with Crippen LogP contribution in [0.25, 0.3) is 0 Å². The van der Waals surface area contributed by atoms with Gasteiger partial charge in [-0.3, -0.25) is 9.59 Å². The molecule has 2 heterocycles. The summed E-state index contributed by atoms with van der Waals surface area (Å²) in [5.41, 5.74) is 6.01. The van der Waals surface area contributed by atoms with Crippen molar-refractivity contribution < 1.29 is 27.2 Å². The van der Waals surface area contributed by atoms with E-state index in [1.165, 1.54) is 23.5 Å². The van der Waals surface area contributed by atoms with Gasteiger partial charge in [0.25, 0.3) is 15.9 Å². The van der Waals surface area contributed by atoms with E-state index < -0.39 is 15.9 Å². The van der Waals surface area contributed by atoms with Gasteiger partial charge in [0, 0.05) is 32.6 Å². The smallest absolute Gasteiger partial charge is 0.284 e. The number of nitrogens with two attached hydrogens (primary N) is 1. The standard InChI is InChI=1S/C19H22ClN3O6S/c1-28-15-4-2-13(12-14(15)20)3-6-17(24)22-8-10-23(11-9-22)30(26,27)18-7-5-16(29-18)19(21)25/h2,4-5,7,12H,3,6,8-11H2,1H3,(H2,21,25). The topological polar surface area (TPSA) is 123 Å². The lowest BCUT2D eigenvalue weighted by molar-refractivity contribution is -0.132. The van der Waals surface area contributed by atoms with Crippen LogP contribution in [0.3, 0.4) is 0 Å². The van der Waals surface area contributed by atoms with Crippen molar-refractivity contribution in [3.8, 4) is 5.75 Å². The number of ether oxygens (including phenoxy) is 1. The molecule has 11 heteroatoms. The van der Waals surface area contributed by atoms with Gasteiger partial charge in [0.1, 0.15) is 5.75 Å². The molecule has 0 spiro atoms. The van der Waals surface area contributed by atoms with Gasteiger partial charge in [0.05, 0.1) is 12.1 Å². The molecule has 1 aliphatic heterocycles. The third kappa shape index (κ3) is 4.77. The van der Waals surface area contributed by atoms with Crippen molar-refractivity contribution in [1.82, 2.24) is 9.21 Å². The predicted octanol–water partition coefficient (Wildman–Crippen LogP) is 1.51. The number of hydrogen-bond acceptors (Lipinski definition) is 6. The Morgan fingerprint density at radius 2 is 1.87 bits per heavy atom. The van der Waals surface area contributed by atoms with Crippen LogP contribution in [0.1, 0.15) is 22.5 Å². The molecule has 2 amide bonds. The average molecular weight is 456 g/mol. The van der Waals surface area contributed by atoms with E-state index in [1.54, 1.807) is 17.0 Å². The summed E-state index contributed by atoms with van der Waals surface area (Å²) in [7, 11) is -2.36. The lowest BCUT2D eigenvalue weighted by atomic mass is 10.1. The van der Waals surface area contributed by atoms with Crippen molar-refractivity contribution in [2.75, 3.05) is 33.3 Å². The Labute approximate surface area is 179 Å². The van der Waals surface area contributed by atoms with Gasteiger partial charge in [-0.2, -0.15) is 4.31 Å². The maximum Gasteiger partial charge on any atom is 0.284 e. The van der Waals surface area contributed by atoms with Crippen LogP contribution in [-0.2, 0) is 21.2 Å². The molecule has 1 saturated heterocycles. The number of carbonyl (C=O) groups excluding carboxylic acids is 2. The Hall–Kier alpha value is -2.56.